The van der Waals surface area contributed by atoms with Crippen LogP contribution in [0.5, 0.6) is 0 Å². The number of amides is 1. The van der Waals surface area contributed by atoms with Gasteiger partial charge < -0.3 is 9.47 Å². The molecule has 5 aromatic rings. The Morgan fingerprint density at radius 1 is 0.853 bits per heavy atom. The molecule has 34 heavy (non-hydrogen) atoms. The van der Waals surface area contributed by atoms with Gasteiger partial charge in [-0.25, -0.2) is 9.36 Å². The van der Waals surface area contributed by atoms with Crippen molar-refractivity contribution in [2.75, 3.05) is 0 Å². The van der Waals surface area contributed by atoms with E-state index >= 15 is 0 Å². The molecule has 0 unspecified atom stereocenters. The van der Waals surface area contributed by atoms with Gasteiger partial charge in [-0.15, -0.1) is 0 Å². The molecule has 0 saturated carbocycles. The number of para-hydroxylation sites is 2. The summed E-state index contributed by atoms with van der Waals surface area (Å²) in [5.74, 6) is 0.944. The van der Waals surface area contributed by atoms with Crippen molar-refractivity contribution in [3.05, 3.63) is 113 Å². The van der Waals surface area contributed by atoms with Gasteiger partial charge in [0.05, 0.1) is 47.6 Å². The average Bonchev–Trinajstić information content (AvgIpc) is 3.63. The number of hydrogen-bond donors (Lipinski definition) is 0. The van der Waals surface area contributed by atoms with Crippen LogP contribution in [-0.4, -0.2) is 34.9 Å². The molecule has 0 atom stereocenters. The van der Waals surface area contributed by atoms with Crippen molar-refractivity contribution in [2.45, 2.75) is 26.9 Å². The fraction of sp³-hybridized carbons (Fsp3) is 0.148. The maximum Gasteiger partial charge on any atom is 0.257 e. The molecule has 0 saturated heterocycles. The number of aromatic nitrogens is 5. The summed E-state index contributed by atoms with van der Waals surface area (Å²) in [5, 5.41) is 9.44. The van der Waals surface area contributed by atoms with E-state index in [4.69, 9.17) is 5.10 Å². The van der Waals surface area contributed by atoms with Crippen LogP contribution >= 0.6 is 0 Å². The van der Waals surface area contributed by atoms with Crippen molar-refractivity contribution < 1.29 is 4.79 Å². The fourth-order valence-electron chi connectivity index (χ4n) is 4.67. The molecule has 0 bridgehead atoms. The summed E-state index contributed by atoms with van der Waals surface area (Å²) in [4.78, 5) is 15.4. The van der Waals surface area contributed by atoms with Crippen LogP contribution < -0.4 is 0 Å². The Labute approximate surface area is 197 Å². The first-order chi connectivity index (χ1) is 16.6. The standard InChI is InChI=1S/C27H24N6O/c1-19-10-6-7-13-25(19)33-26(30-14-8-9-15-30)23-17-31(18-24(23)29-33)27(34)22-16-28-32(20(22)2)21-11-4-3-5-12-21/h3-16H,17-18H2,1-2H3. The van der Waals surface area contributed by atoms with Gasteiger partial charge in [-0.3, -0.25) is 4.79 Å². The topological polar surface area (TPSA) is 60.9 Å². The van der Waals surface area contributed by atoms with Gasteiger partial charge in [-0.05, 0) is 49.7 Å². The van der Waals surface area contributed by atoms with Crippen LogP contribution in [0, 0.1) is 13.8 Å². The Bertz CT molecular complexity index is 1490. The Balaban J connectivity index is 1.36. The molecule has 168 valence electrons. The Kier molecular flexibility index (Phi) is 4.69. The van der Waals surface area contributed by atoms with Crippen molar-refractivity contribution in [2.24, 2.45) is 0 Å². The van der Waals surface area contributed by atoms with Crippen LogP contribution in [-0.2, 0) is 13.1 Å². The summed E-state index contributed by atoms with van der Waals surface area (Å²) in [7, 11) is 0. The molecule has 7 nitrogen and oxygen atoms in total. The monoisotopic (exact) mass is 448 g/mol. The van der Waals surface area contributed by atoms with Crippen molar-refractivity contribution >= 4 is 5.91 Å². The first-order valence-electron chi connectivity index (χ1n) is 11.3. The molecule has 3 aromatic heterocycles. The maximum absolute atomic E-state index is 13.5. The van der Waals surface area contributed by atoms with Gasteiger partial charge in [0, 0.05) is 18.0 Å². The van der Waals surface area contributed by atoms with E-state index in [1.165, 1.54) is 0 Å². The lowest BCUT2D eigenvalue weighted by atomic mass is 10.2. The van der Waals surface area contributed by atoms with Crippen LogP contribution in [0.4, 0.5) is 0 Å². The lowest BCUT2D eigenvalue weighted by Gasteiger charge is -2.18. The van der Waals surface area contributed by atoms with Gasteiger partial charge in [0.1, 0.15) is 5.82 Å². The highest BCUT2D eigenvalue weighted by atomic mass is 16.2. The van der Waals surface area contributed by atoms with E-state index < -0.39 is 0 Å². The molecule has 0 fully saturated rings. The van der Waals surface area contributed by atoms with Crippen LogP contribution in [0.1, 0.15) is 32.9 Å². The number of rotatable bonds is 4. The van der Waals surface area contributed by atoms with Gasteiger partial charge in [0.25, 0.3) is 5.91 Å². The van der Waals surface area contributed by atoms with Crippen molar-refractivity contribution in [3.8, 4) is 17.2 Å². The van der Waals surface area contributed by atoms with Crippen LogP contribution in [0.2, 0.25) is 0 Å². The first kappa shape index (κ1) is 20.2. The Hall–Kier alpha value is -4.39. The van der Waals surface area contributed by atoms with E-state index in [-0.39, 0.29) is 5.91 Å². The zero-order chi connectivity index (χ0) is 23.2. The van der Waals surface area contributed by atoms with E-state index in [1.54, 1.807) is 6.20 Å². The van der Waals surface area contributed by atoms with Crippen LogP contribution in [0.25, 0.3) is 17.2 Å². The number of carbonyl (C=O) groups excluding carboxylic acids is 1. The second-order valence-corrected chi connectivity index (χ2v) is 8.59. The number of aryl methyl sites for hydroxylation is 1. The molecule has 7 heteroatoms. The minimum absolute atomic E-state index is 0.0291. The third kappa shape index (κ3) is 3.16. The van der Waals surface area contributed by atoms with Crippen LogP contribution in [0.3, 0.4) is 0 Å². The molecular formula is C27H24N6O. The first-order valence-corrected chi connectivity index (χ1v) is 11.3. The van der Waals surface area contributed by atoms with E-state index in [0.29, 0.717) is 18.7 Å². The third-order valence-electron chi connectivity index (χ3n) is 6.45. The minimum Gasteiger partial charge on any atom is -0.328 e. The summed E-state index contributed by atoms with van der Waals surface area (Å²) in [6.07, 6.45) is 5.70. The fourth-order valence-corrected chi connectivity index (χ4v) is 4.67. The molecule has 6 rings (SSSR count). The lowest BCUT2D eigenvalue weighted by molar-refractivity contribution is 0.0748. The summed E-state index contributed by atoms with van der Waals surface area (Å²) in [6, 6.07) is 22.1. The number of nitrogens with zero attached hydrogens (tertiary/aromatic N) is 6. The normalized spacial score (nSPS) is 12.8. The molecule has 0 aliphatic carbocycles. The highest BCUT2D eigenvalue weighted by molar-refractivity contribution is 5.95. The highest BCUT2D eigenvalue weighted by Crippen LogP contribution is 2.32. The number of carbonyl (C=O) groups is 1. The number of hydrogen-bond acceptors (Lipinski definition) is 3. The van der Waals surface area contributed by atoms with E-state index in [2.05, 4.69) is 28.7 Å². The second kappa shape index (κ2) is 7.88. The SMILES string of the molecule is Cc1ccccc1-n1nc2c(c1-n1cccc1)CN(C(=O)c1cnn(-c3ccccc3)c1C)C2. The molecule has 1 aliphatic rings. The van der Waals surface area contributed by atoms with Gasteiger partial charge in [-0.1, -0.05) is 36.4 Å². The maximum atomic E-state index is 13.5. The number of fused-ring (bicyclic) bond motifs is 1. The molecule has 0 spiro atoms. The second-order valence-electron chi connectivity index (χ2n) is 8.59. The summed E-state index contributed by atoms with van der Waals surface area (Å²) < 4.78 is 5.89. The predicted octanol–water partition coefficient (Wildman–Crippen LogP) is 4.62. The third-order valence-corrected chi connectivity index (χ3v) is 6.45. The van der Waals surface area contributed by atoms with Crippen molar-refractivity contribution in [3.63, 3.8) is 0 Å². The van der Waals surface area contributed by atoms with E-state index in [1.807, 2.05) is 88.2 Å². The van der Waals surface area contributed by atoms with E-state index in [0.717, 1.165) is 39.7 Å². The van der Waals surface area contributed by atoms with Crippen molar-refractivity contribution in [1.82, 2.24) is 29.0 Å². The molecule has 2 aromatic carbocycles. The molecule has 0 N–H and O–H groups in total. The molecule has 1 amide bonds. The highest BCUT2D eigenvalue weighted by Gasteiger charge is 2.33. The quantitative estimate of drug-likeness (QED) is 0.403. The molecule has 4 heterocycles. The summed E-state index contributed by atoms with van der Waals surface area (Å²) in [5.41, 5.74) is 6.56. The molecule has 1 aliphatic heterocycles. The smallest absolute Gasteiger partial charge is 0.257 e. The lowest BCUT2D eigenvalue weighted by Crippen LogP contribution is -2.27. The minimum atomic E-state index is -0.0291. The Morgan fingerprint density at radius 2 is 1.59 bits per heavy atom. The van der Waals surface area contributed by atoms with Gasteiger partial charge in [0.2, 0.25) is 0 Å². The Morgan fingerprint density at radius 3 is 2.35 bits per heavy atom. The molecular weight excluding hydrogens is 424 g/mol. The zero-order valence-corrected chi connectivity index (χ0v) is 19.1. The van der Waals surface area contributed by atoms with E-state index in [9.17, 15) is 4.79 Å². The number of benzene rings is 2. The summed E-state index contributed by atoms with van der Waals surface area (Å²) in [6.45, 7) is 5.00. The van der Waals surface area contributed by atoms with Crippen LogP contribution in [0.15, 0.2) is 85.3 Å². The predicted molar refractivity (Wildman–Crippen MR) is 130 cm³/mol. The largest absolute Gasteiger partial charge is 0.328 e. The average molecular weight is 449 g/mol. The van der Waals surface area contributed by atoms with Gasteiger partial charge in [0.15, 0.2) is 0 Å². The van der Waals surface area contributed by atoms with Crippen molar-refractivity contribution in [1.29, 1.82) is 0 Å². The molecule has 0 radical (unpaired) electrons. The zero-order valence-electron chi connectivity index (χ0n) is 19.1. The van der Waals surface area contributed by atoms with Gasteiger partial charge in [-0.2, -0.15) is 10.2 Å². The van der Waals surface area contributed by atoms with Gasteiger partial charge >= 0.3 is 0 Å². The summed E-state index contributed by atoms with van der Waals surface area (Å²) >= 11 is 0.